The number of para-hydroxylation sites is 4. The summed E-state index contributed by atoms with van der Waals surface area (Å²) in [5.74, 6) is 2.56. The second-order valence-corrected chi connectivity index (χ2v) is 13.1. The predicted molar refractivity (Wildman–Crippen MR) is 180 cm³/mol. The molecule has 3 nitrogen and oxygen atoms in total. The van der Waals surface area contributed by atoms with Crippen molar-refractivity contribution in [3.8, 4) is 22.6 Å². The summed E-state index contributed by atoms with van der Waals surface area (Å²) < 4.78 is 6.81. The number of hydrogen-bond donors (Lipinski definition) is 1. The minimum atomic E-state index is -0.181. The number of fused-ring (bicyclic) bond motifs is 3. The molecule has 7 rings (SSSR count). The largest absolute Gasteiger partial charge is 0.456 e. The summed E-state index contributed by atoms with van der Waals surface area (Å²) in [6, 6.07) is 39.4. The number of rotatable bonds is 5. The Morgan fingerprint density at radius 2 is 1.30 bits per heavy atom. The van der Waals surface area contributed by atoms with Crippen LogP contribution in [0.2, 0.25) is 0 Å². The van der Waals surface area contributed by atoms with Crippen LogP contribution in [0.1, 0.15) is 87.4 Å². The summed E-state index contributed by atoms with van der Waals surface area (Å²) in [4.78, 5) is 2.54. The van der Waals surface area contributed by atoms with Crippen LogP contribution in [0.5, 0.6) is 11.5 Å². The fraction of sp³-hybridized carbons (Fsp3) is 0.250. The Labute approximate surface area is 256 Å². The van der Waals surface area contributed by atoms with Gasteiger partial charge in [0.05, 0.1) is 17.1 Å². The summed E-state index contributed by atoms with van der Waals surface area (Å²) in [5.41, 5.74) is 12.2. The van der Waals surface area contributed by atoms with Gasteiger partial charge in [0.2, 0.25) is 0 Å². The molecule has 216 valence electrons. The minimum absolute atomic E-state index is 0.133. The topological polar surface area (TPSA) is 24.5 Å². The second-order valence-electron chi connectivity index (χ2n) is 13.1. The van der Waals surface area contributed by atoms with Gasteiger partial charge in [0.25, 0.3) is 0 Å². The van der Waals surface area contributed by atoms with Gasteiger partial charge < -0.3 is 15.0 Å². The highest BCUT2D eigenvalue weighted by molar-refractivity contribution is 5.87. The average Bonchev–Trinajstić information content (AvgIpc) is 3.39. The van der Waals surface area contributed by atoms with Gasteiger partial charge in [-0.05, 0) is 64.4 Å². The lowest BCUT2D eigenvalue weighted by molar-refractivity contribution is 0.411. The lowest BCUT2D eigenvalue weighted by atomic mass is 9.75. The third-order valence-corrected chi connectivity index (χ3v) is 9.26. The molecule has 0 aromatic heterocycles. The van der Waals surface area contributed by atoms with E-state index >= 15 is 0 Å². The first kappa shape index (κ1) is 27.3. The highest BCUT2D eigenvalue weighted by atomic mass is 16.5. The number of benzene rings is 5. The van der Waals surface area contributed by atoms with E-state index in [0.29, 0.717) is 11.8 Å². The molecule has 0 bridgehead atoms. The number of nitrogens with zero attached hydrogens (tertiary/aromatic N) is 1. The first-order valence-electron chi connectivity index (χ1n) is 15.5. The van der Waals surface area contributed by atoms with Gasteiger partial charge in [-0.1, -0.05) is 120 Å². The molecule has 0 aliphatic carbocycles. The predicted octanol–water partition coefficient (Wildman–Crippen LogP) is 11.3. The van der Waals surface area contributed by atoms with Crippen LogP contribution >= 0.6 is 0 Å². The number of anilines is 3. The van der Waals surface area contributed by atoms with Crippen molar-refractivity contribution < 1.29 is 4.74 Å². The lowest BCUT2D eigenvalue weighted by Crippen LogP contribution is -2.29. The highest BCUT2D eigenvalue weighted by Gasteiger charge is 2.40. The molecule has 1 atom stereocenters. The molecule has 5 aromatic carbocycles. The molecule has 2 heterocycles. The molecule has 0 amide bonds. The van der Waals surface area contributed by atoms with Gasteiger partial charge in [0, 0.05) is 22.1 Å². The Kier molecular flexibility index (Phi) is 6.58. The van der Waals surface area contributed by atoms with E-state index < -0.39 is 0 Å². The van der Waals surface area contributed by atoms with Gasteiger partial charge in [0.1, 0.15) is 17.7 Å². The van der Waals surface area contributed by atoms with E-state index in [1.807, 2.05) is 0 Å². The number of nitrogens with one attached hydrogen (secondary N) is 1. The van der Waals surface area contributed by atoms with Gasteiger partial charge in [-0.25, -0.2) is 0 Å². The van der Waals surface area contributed by atoms with Crippen LogP contribution in [-0.4, -0.2) is 0 Å². The van der Waals surface area contributed by atoms with Gasteiger partial charge in [-0.2, -0.15) is 0 Å². The molecule has 1 N–H and O–H groups in total. The van der Waals surface area contributed by atoms with Crippen LogP contribution in [0.15, 0.2) is 109 Å². The summed E-state index contributed by atoms with van der Waals surface area (Å²) in [6.07, 6.45) is -0.133. The zero-order chi connectivity index (χ0) is 29.9. The van der Waals surface area contributed by atoms with Crippen molar-refractivity contribution >= 4 is 17.1 Å². The van der Waals surface area contributed by atoms with Crippen molar-refractivity contribution in [3.05, 3.63) is 137 Å². The molecule has 2 aliphatic heterocycles. The zero-order valence-corrected chi connectivity index (χ0v) is 26.0. The molecule has 0 spiro atoms. The van der Waals surface area contributed by atoms with Crippen LogP contribution in [0.4, 0.5) is 17.1 Å². The number of ether oxygens (including phenoxy) is 1. The quantitative estimate of drug-likeness (QED) is 0.230. The van der Waals surface area contributed by atoms with Gasteiger partial charge in [-0.3, -0.25) is 0 Å². The lowest BCUT2D eigenvalue weighted by Gasteiger charge is -2.38. The van der Waals surface area contributed by atoms with Gasteiger partial charge >= 0.3 is 0 Å². The second kappa shape index (κ2) is 10.3. The van der Waals surface area contributed by atoms with Crippen LogP contribution in [-0.2, 0) is 5.41 Å². The molecule has 43 heavy (non-hydrogen) atoms. The van der Waals surface area contributed by atoms with E-state index in [4.69, 9.17) is 4.74 Å². The van der Waals surface area contributed by atoms with E-state index in [2.05, 4.69) is 161 Å². The first-order chi connectivity index (χ1) is 20.8. The van der Waals surface area contributed by atoms with Crippen LogP contribution in [0, 0.1) is 0 Å². The minimum Gasteiger partial charge on any atom is -0.456 e. The van der Waals surface area contributed by atoms with Crippen molar-refractivity contribution in [3.63, 3.8) is 0 Å². The third kappa shape index (κ3) is 4.41. The summed E-state index contributed by atoms with van der Waals surface area (Å²) in [5, 5.41) is 3.93. The summed E-state index contributed by atoms with van der Waals surface area (Å²) >= 11 is 0. The molecular weight excluding hydrogens is 524 g/mol. The maximum Gasteiger partial charge on any atom is 0.138 e. The maximum atomic E-state index is 6.81. The van der Waals surface area contributed by atoms with Gasteiger partial charge in [0.15, 0.2) is 0 Å². The van der Waals surface area contributed by atoms with Crippen molar-refractivity contribution in [1.29, 1.82) is 0 Å². The molecular formula is C40H40N2O. The van der Waals surface area contributed by atoms with E-state index in [1.54, 1.807) is 0 Å². The highest BCUT2D eigenvalue weighted by Crippen LogP contribution is 2.55. The summed E-state index contributed by atoms with van der Waals surface area (Å²) in [7, 11) is 0. The van der Waals surface area contributed by atoms with E-state index in [0.717, 1.165) is 22.7 Å². The first-order valence-corrected chi connectivity index (χ1v) is 15.5. The van der Waals surface area contributed by atoms with Crippen molar-refractivity contribution in [2.24, 2.45) is 0 Å². The Bertz CT molecular complexity index is 1790. The smallest absolute Gasteiger partial charge is 0.138 e. The Balaban J connectivity index is 1.47. The fourth-order valence-electron chi connectivity index (χ4n) is 6.96. The normalized spacial score (nSPS) is 16.4. The molecule has 1 unspecified atom stereocenters. The van der Waals surface area contributed by atoms with Crippen molar-refractivity contribution in [2.45, 2.75) is 65.0 Å². The van der Waals surface area contributed by atoms with Crippen LogP contribution in [0.3, 0.4) is 0 Å². The Morgan fingerprint density at radius 1 is 0.674 bits per heavy atom. The molecule has 2 aliphatic rings. The van der Waals surface area contributed by atoms with Crippen LogP contribution in [0.25, 0.3) is 11.1 Å². The van der Waals surface area contributed by atoms with E-state index in [9.17, 15) is 0 Å². The van der Waals surface area contributed by atoms with Crippen LogP contribution < -0.4 is 15.0 Å². The molecule has 0 saturated carbocycles. The molecule has 0 saturated heterocycles. The maximum absolute atomic E-state index is 6.81. The molecule has 3 heteroatoms. The molecule has 5 aromatic rings. The summed E-state index contributed by atoms with van der Waals surface area (Å²) in [6.45, 7) is 13.9. The third-order valence-electron chi connectivity index (χ3n) is 9.26. The van der Waals surface area contributed by atoms with E-state index in [-0.39, 0.29) is 11.6 Å². The zero-order valence-electron chi connectivity index (χ0n) is 26.0. The van der Waals surface area contributed by atoms with Gasteiger partial charge in [-0.15, -0.1) is 0 Å². The fourth-order valence-corrected chi connectivity index (χ4v) is 6.96. The average molecular weight is 565 g/mol. The number of hydrogen-bond acceptors (Lipinski definition) is 3. The molecule has 0 fully saturated rings. The van der Waals surface area contributed by atoms with Crippen molar-refractivity contribution in [1.82, 2.24) is 0 Å². The molecule has 0 radical (unpaired) electrons. The van der Waals surface area contributed by atoms with Crippen molar-refractivity contribution in [2.75, 3.05) is 10.2 Å². The standard InChI is InChI=1S/C40H40N2O/c1-25(2)30-23-28(27-15-8-7-9-16-27)24-31(26(3)4)37(30)42-35-21-12-11-20-34(35)41-39(42)29-17-14-19-33-38(29)43-36-22-13-10-18-32(36)40(33,5)6/h7-26,39,41H,1-6H3. The Morgan fingerprint density at radius 3 is 2.02 bits per heavy atom. The Hall–Kier alpha value is -4.50. The SMILES string of the molecule is CC(C)c1cc(-c2ccccc2)cc(C(C)C)c1N1c2ccccc2NC1c1cccc2c1Oc1ccccc1C2(C)C. The monoisotopic (exact) mass is 564 g/mol. The van der Waals surface area contributed by atoms with E-state index in [1.165, 1.54) is 44.8 Å².